The lowest BCUT2D eigenvalue weighted by Gasteiger charge is -2.19. The number of anilines is 1. The number of nitrogens with zero attached hydrogens (tertiary/aromatic N) is 1. The van der Waals surface area contributed by atoms with Gasteiger partial charge in [0.05, 0.1) is 17.8 Å². The molecule has 4 nitrogen and oxygen atoms in total. The Morgan fingerprint density at radius 3 is 2.56 bits per heavy atom. The Morgan fingerprint density at radius 1 is 1.19 bits per heavy atom. The number of ether oxygens (including phenoxy) is 1. The summed E-state index contributed by atoms with van der Waals surface area (Å²) in [7, 11) is 0. The van der Waals surface area contributed by atoms with Crippen LogP contribution < -0.4 is 4.90 Å². The summed E-state index contributed by atoms with van der Waals surface area (Å²) in [5.74, 6) is 4.19. The van der Waals surface area contributed by atoms with Crippen molar-refractivity contribution in [2.75, 3.05) is 11.5 Å². The topological polar surface area (TPSA) is 49.8 Å². The number of halogens is 1. The number of rotatable bonds is 3. The van der Waals surface area contributed by atoms with Crippen molar-refractivity contribution in [3.63, 3.8) is 0 Å². The van der Waals surface area contributed by atoms with Crippen LogP contribution in [0, 0.1) is 17.7 Å². The number of fused-ring (bicyclic) bond motifs is 1. The molecule has 27 heavy (non-hydrogen) atoms. The molecular weight excluding hydrogens is 345 g/mol. The molecule has 1 atom stereocenters. The molecule has 0 aliphatic carbocycles. The first-order valence-electron chi connectivity index (χ1n) is 8.73. The normalized spacial score (nSPS) is 18.9. The second kappa shape index (κ2) is 7.15. The highest BCUT2D eigenvalue weighted by Crippen LogP contribution is 2.41. The van der Waals surface area contributed by atoms with Crippen molar-refractivity contribution in [1.29, 1.82) is 0 Å². The number of carbonyl (C=O) groups excluding carboxylic acids is 1. The standard InChI is InChI=1S/C22H22FNO3/c1-21(2,3)27-13-7-12-22(26)18-14-17(23)10-11-19(18)24(20(22)25)15-16-8-5-4-6-9-16/h4-6,8-11,14,26H,13,15H2,1-3H3/t22-/m0/s1. The van der Waals surface area contributed by atoms with Crippen LogP contribution in [0.5, 0.6) is 0 Å². The van der Waals surface area contributed by atoms with Gasteiger partial charge in [0.1, 0.15) is 12.4 Å². The number of carbonyl (C=O) groups is 1. The minimum atomic E-state index is -2.09. The zero-order chi connectivity index (χ0) is 19.7. The van der Waals surface area contributed by atoms with Crippen LogP contribution >= 0.6 is 0 Å². The molecule has 5 heteroatoms. The van der Waals surface area contributed by atoms with E-state index in [1.165, 1.54) is 17.0 Å². The highest BCUT2D eigenvalue weighted by atomic mass is 19.1. The van der Waals surface area contributed by atoms with Crippen LogP contribution in [-0.2, 0) is 21.7 Å². The average molecular weight is 367 g/mol. The third kappa shape index (κ3) is 4.02. The highest BCUT2D eigenvalue weighted by molar-refractivity contribution is 6.09. The number of hydrogen-bond acceptors (Lipinski definition) is 3. The van der Waals surface area contributed by atoms with E-state index in [9.17, 15) is 14.3 Å². The predicted molar refractivity (Wildman–Crippen MR) is 101 cm³/mol. The van der Waals surface area contributed by atoms with Crippen molar-refractivity contribution in [3.05, 3.63) is 65.5 Å². The average Bonchev–Trinajstić information content (AvgIpc) is 2.81. The number of benzene rings is 2. The van der Waals surface area contributed by atoms with E-state index in [1.807, 2.05) is 51.1 Å². The van der Waals surface area contributed by atoms with Crippen LogP contribution in [0.2, 0.25) is 0 Å². The first-order chi connectivity index (χ1) is 12.7. The minimum Gasteiger partial charge on any atom is -0.366 e. The third-order valence-electron chi connectivity index (χ3n) is 4.22. The summed E-state index contributed by atoms with van der Waals surface area (Å²) in [6, 6.07) is 13.3. The Hall–Kier alpha value is -2.68. The van der Waals surface area contributed by atoms with Gasteiger partial charge in [0.2, 0.25) is 5.60 Å². The fourth-order valence-electron chi connectivity index (χ4n) is 2.91. The maximum absolute atomic E-state index is 13.8. The fraction of sp³-hybridized carbons (Fsp3) is 0.318. The summed E-state index contributed by atoms with van der Waals surface area (Å²) < 4.78 is 19.3. The van der Waals surface area contributed by atoms with Gasteiger partial charge in [-0.05, 0) is 44.5 Å². The maximum Gasteiger partial charge on any atom is 0.276 e. The van der Waals surface area contributed by atoms with E-state index < -0.39 is 17.3 Å². The third-order valence-corrected chi connectivity index (χ3v) is 4.22. The molecule has 0 fully saturated rings. The Bertz CT molecular complexity index is 909. The molecule has 0 radical (unpaired) electrons. The molecule has 1 aliphatic rings. The Balaban J connectivity index is 1.95. The van der Waals surface area contributed by atoms with Gasteiger partial charge in [-0.1, -0.05) is 42.2 Å². The van der Waals surface area contributed by atoms with Crippen LogP contribution in [0.1, 0.15) is 31.9 Å². The predicted octanol–water partition coefficient (Wildman–Crippen LogP) is 3.38. The summed E-state index contributed by atoms with van der Waals surface area (Å²) in [5, 5.41) is 11.0. The molecular formula is C22H22FNO3. The first-order valence-corrected chi connectivity index (χ1v) is 8.73. The maximum atomic E-state index is 13.8. The largest absolute Gasteiger partial charge is 0.366 e. The summed E-state index contributed by atoms with van der Waals surface area (Å²) in [5.41, 5.74) is -0.965. The van der Waals surface area contributed by atoms with E-state index in [2.05, 4.69) is 11.8 Å². The second-order valence-electron chi connectivity index (χ2n) is 7.45. The molecule has 2 aromatic rings. The minimum absolute atomic E-state index is 0.0580. The van der Waals surface area contributed by atoms with E-state index in [0.29, 0.717) is 5.69 Å². The summed E-state index contributed by atoms with van der Waals surface area (Å²) in [4.78, 5) is 14.4. The van der Waals surface area contributed by atoms with Gasteiger partial charge in [-0.25, -0.2) is 4.39 Å². The second-order valence-corrected chi connectivity index (χ2v) is 7.45. The van der Waals surface area contributed by atoms with Crippen molar-refractivity contribution in [2.24, 2.45) is 0 Å². The monoisotopic (exact) mass is 367 g/mol. The molecule has 1 aliphatic heterocycles. The van der Waals surface area contributed by atoms with Crippen LogP contribution in [0.15, 0.2) is 48.5 Å². The molecule has 1 heterocycles. The molecule has 0 saturated carbocycles. The fourth-order valence-corrected chi connectivity index (χ4v) is 2.91. The lowest BCUT2D eigenvalue weighted by Crippen LogP contribution is -2.39. The Labute approximate surface area is 158 Å². The number of aliphatic hydroxyl groups is 1. The Kier molecular flexibility index (Phi) is 5.05. The molecule has 0 saturated heterocycles. The van der Waals surface area contributed by atoms with Crippen LogP contribution in [0.4, 0.5) is 10.1 Å². The van der Waals surface area contributed by atoms with Crippen molar-refractivity contribution in [1.82, 2.24) is 0 Å². The number of hydrogen-bond donors (Lipinski definition) is 1. The van der Waals surface area contributed by atoms with Crippen molar-refractivity contribution >= 4 is 11.6 Å². The number of amides is 1. The molecule has 0 aromatic heterocycles. The van der Waals surface area contributed by atoms with Crippen LogP contribution in [0.3, 0.4) is 0 Å². The van der Waals surface area contributed by atoms with Gasteiger partial charge in [0.25, 0.3) is 5.91 Å². The molecule has 1 N–H and O–H groups in total. The van der Waals surface area contributed by atoms with Gasteiger partial charge in [0, 0.05) is 5.56 Å². The van der Waals surface area contributed by atoms with Crippen molar-refractivity contribution < 1.29 is 19.0 Å². The summed E-state index contributed by atoms with van der Waals surface area (Å²) in [6.45, 7) is 5.98. The highest BCUT2D eigenvalue weighted by Gasteiger charge is 2.49. The molecule has 3 rings (SSSR count). The molecule has 1 amide bonds. The van der Waals surface area contributed by atoms with Crippen LogP contribution in [0.25, 0.3) is 0 Å². The van der Waals surface area contributed by atoms with E-state index in [1.54, 1.807) is 0 Å². The molecule has 0 spiro atoms. The summed E-state index contributed by atoms with van der Waals surface area (Å²) >= 11 is 0. The van der Waals surface area contributed by atoms with Gasteiger partial charge in [-0.15, -0.1) is 0 Å². The first kappa shape index (κ1) is 19.1. The van der Waals surface area contributed by atoms with Gasteiger partial charge in [-0.2, -0.15) is 0 Å². The SMILES string of the molecule is CC(C)(C)OCC#C[C@@]1(O)C(=O)N(Cc2ccccc2)c2ccc(F)cc21. The van der Waals surface area contributed by atoms with Crippen LogP contribution in [-0.4, -0.2) is 23.2 Å². The van der Waals surface area contributed by atoms with Gasteiger partial charge < -0.3 is 14.7 Å². The smallest absolute Gasteiger partial charge is 0.276 e. The van der Waals surface area contributed by atoms with E-state index in [-0.39, 0.29) is 24.3 Å². The molecule has 140 valence electrons. The van der Waals surface area contributed by atoms with Gasteiger partial charge in [0.15, 0.2) is 0 Å². The summed E-state index contributed by atoms with van der Waals surface area (Å²) in [6.07, 6.45) is 0. The Morgan fingerprint density at radius 2 is 1.89 bits per heavy atom. The zero-order valence-corrected chi connectivity index (χ0v) is 15.6. The zero-order valence-electron chi connectivity index (χ0n) is 15.6. The lowest BCUT2D eigenvalue weighted by atomic mass is 9.96. The van der Waals surface area contributed by atoms with E-state index in [4.69, 9.17) is 4.74 Å². The van der Waals surface area contributed by atoms with E-state index in [0.717, 1.165) is 11.6 Å². The molecule has 0 bridgehead atoms. The molecule has 0 unspecified atom stereocenters. The molecule has 2 aromatic carbocycles. The van der Waals surface area contributed by atoms with Gasteiger partial charge >= 0.3 is 0 Å². The van der Waals surface area contributed by atoms with Crippen molar-refractivity contribution in [2.45, 2.75) is 38.5 Å². The van der Waals surface area contributed by atoms with Gasteiger partial charge in [-0.3, -0.25) is 4.79 Å². The van der Waals surface area contributed by atoms with E-state index >= 15 is 0 Å². The van der Waals surface area contributed by atoms with Crippen molar-refractivity contribution in [3.8, 4) is 11.8 Å². The quantitative estimate of drug-likeness (QED) is 0.846. The lowest BCUT2D eigenvalue weighted by molar-refractivity contribution is -0.130.